The van der Waals surface area contributed by atoms with E-state index in [1.165, 1.54) is 11.1 Å². The summed E-state index contributed by atoms with van der Waals surface area (Å²) in [4.78, 5) is 4.06. The van der Waals surface area contributed by atoms with Crippen LogP contribution in [0, 0.1) is 0 Å². The molecule has 0 saturated carbocycles. The second-order valence-corrected chi connectivity index (χ2v) is 6.78. The summed E-state index contributed by atoms with van der Waals surface area (Å²) in [5.74, 6) is 0. The van der Waals surface area contributed by atoms with E-state index in [0.29, 0.717) is 0 Å². The maximum absolute atomic E-state index is 5.59. The second kappa shape index (κ2) is 7.36. The molecule has 0 spiro atoms. The van der Waals surface area contributed by atoms with Gasteiger partial charge >= 0.3 is 0 Å². The molecule has 2 heterocycles. The number of nitrogens with zero attached hydrogens (tertiary/aromatic N) is 1. The first-order chi connectivity index (χ1) is 10.8. The highest BCUT2D eigenvalue weighted by molar-refractivity contribution is 9.10. The average molecular weight is 361 g/mol. The first-order valence-electron chi connectivity index (χ1n) is 7.72. The maximum Gasteiger partial charge on any atom is 0.0475 e. The monoisotopic (exact) mass is 360 g/mol. The van der Waals surface area contributed by atoms with E-state index in [2.05, 4.69) is 62.6 Å². The summed E-state index contributed by atoms with van der Waals surface area (Å²) in [6.45, 7) is 3.52. The minimum absolute atomic E-state index is 0.162. The molecule has 0 atom stereocenters. The van der Waals surface area contributed by atoms with Gasteiger partial charge in [-0.15, -0.1) is 0 Å². The summed E-state index contributed by atoms with van der Waals surface area (Å²) in [7, 11) is 0. The lowest BCUT2D eigenvalue weighted by Gasteiger charge is -2.38. The number of nitrogens with one attached hydrogen (secondary N) is 1. The molecule has 116 valence electrons. The molecule has 0 unspecified atom stereocenters. The molecule has 3 nitrogen and oxygen atoms in total. The number of benzene rings is 1. The summed E-state index contributed by atoms with van der Waals surface area (Å²) in [5, 5.41) is 3.63. The van der Waals surface area contributed by atoms with Crippen molar-refractivity contribution in [1.29, 1.82) is 0 Å². The molecule has 3 rings (SSSR count). The quantitative estimate of drug-likeness (QED) is 0.882. The van der Waals surface area contributed by atoms with Gasteiger partial charge in [-0.1, -0.05) is 28.1 Å². The largest absolute Gasteiger partial charge is 0.381 e. The van der Waals surface area contributed by atoms with Crippen LogP contribution in [0.3, 0.4) is 0 Å². The topological polar surface area (TPSA) is 34.2 Å². The Morgan fingerprint density at radius 1 is 1.14 bits per heavy atom. The van der Waals surface area contributed by atoms with Gasteiger partial charge in [0.1, 0.15) is 0 Å². The summed E-state index contributed by atoms with van der Waals surface area (Å²) in [6, 6.07) is 12.8. The molecule has 2 aromatic rings. The summed E-state index contributed by atoms with van der Waals surface area (Å²) < 4.78 is 6.74. The molecule has 1 N–H and O–H groups in total. The average Bonchev–Trinajstić information content (AvgIpc) is 2.57. The first kappa shape index (κ1) is 15.7. The molecule has 0 bridgehead atoms. The molecule has 1 aliphatic rings. The van der Waals surface area contributed by atoms with Gasteiger partial charge in [-0.2, -0.15) is 0 Å². The molecule has 1 aromatic carbocycles. The Kier molecular flexibility index (Phi) is 5.24. The van der Waals surface area contributed by atoms with E-state index < -0.39 is 0 Å². The van der Waals surface area contributed by atoms with Gasteiger partial charge in [0, 0.05) is 48.6 Å². The van der Waals surface area contributed by atoms with Crippen LogP contribution in [0.15, 0.2) is 53.3 Å². The van der Waals surface area contributed by atoms with Crippen LogP contribution in [0.1, 0.15) is 24.0 Å². The predicted octanol–water partition coefficient (Wildman–Crippen LogP) is 3.68. The third kappa shape index (κ3) is 3.75. The van der Waals surface area contributed by atoms with E-state index in [1.807, 2.05) is 12.4 Å². The van der Waals surface area contributed by atoms with Crippen LogP contribution < -0.4 is 5.32 Å². The van der Waals surface area contributed by atoms with Crippen LogP contribution in [-0.2, 0) is 16.7 Å². The Balaban J connectivity index is 1.72. The van der Waals surface area contributed by atoms with Gasteiger partial charge in [0.05, 0.1) is 0 Å². The van der Waals surface area contributed by atoms with E-state index in [9.17, 15) is 0 Å². The number of pyridine rings is 1. The van der Waals surface area contributed by atoms with Crippen molar-refractivity contribution in [2.45, 2.75) is 24.8 Å². The Hall–Kier alpha value is -1.23. The van der Waals surface area contributed by atoms with Gasteiger partial charge in [-0.05, 0) is 48.2 Å². The van der Waals surface area contributed by atoms with Gasteiger partial charge in [-0.25, -0.2) is 0 Å². The highest BCUT2D eigenvalue weighted by atomic mass is 79.9. The van der Waals surface area contributed by atoms with Crippen molar-refractivity contribution in [3.8, 4) is 0 Å². The number of halogens is 1. The lowest BCUT2D eigenvalue weighted by atomic mass is 9.74. The molecule has 22 heavy (non-hydrogen) atoms. The fraction of sp³-hybridized carbons (Fsp3) is 0.389. The van der Waals surface area contributed by atoms with Crippen LogP contribution >= 0.6 is 15.9 Å². The highest BCUT2D eigenvalue weighted by Gasteiger charge is 2.34. The number of hydrogen-bond donors (Lipinski definition) is 1. The Labute approximate surface area is 140 Å². The van der Waals surface area contributed by atoms with Gasteiger partial charge in [0.2, 0.25) is 0 Å². The fourth-order valence-corrected chi connectivity index (χ4v) is 3.49. The Bertz CT molecular complexity index is 597. The lowest BCUT2D eigenvalue weighted by Crippen LogP contribution is -2.42. The van der Waals surface area contributed by atoms with E-state index in [1.54, 1.807) is 0 Å². The zero-order chi connectivity index (χ0) is 15.3. The van der Waals surface area contributed by atoms with Crippen molar-refractivity contribution in [2.24, 2.45) is 0 Å². The standard InChI is InChI=1S/C18H21BrN2O/c19-17-3-1-2-16(12-17)18(6-10-22-11-7-18)14-21-13-15-4-8-20-9-5-15/h1-5,8-9,12,21H,6-7,10-11,13-14H2. The smallest absolute Gasteiger partial charge is 0.0475 e. The minimum atomic E-state index is 0.162. The molecule has 0 aliphatic carbocycles. The Morgan fingerprint density at radius 2 is 1.91 bits per heavy atom. The maximum atomic E-state index is 5.59. The summed E-state index contributed by atoms with van der Waals surface area (Å²) >= 11 is 3.60. The molecule has 0 radical (unpaired) electrons. The van der Waals surface area contributed by atoms with Crippen LogP contribution in [0.25, 0.3) is 0 Å². The molecule has 1 fully saturated rings. The number of hydrogen-bond acceptors (Lipinski definition) is 3. The van der Waals surface area contributed by atoms with Crippen molar-refractivity contribution >= 4 is 15.9 Å². The van der Waals surface area contributed by atoms with Gasteiger partial charge in [0.25, 0.3) is 0 Å². The van der Waals surface area contributed by atoms with Gasteiger partial charge in [-0.3, -0.25) is 4.98 Å². The fourth-order valence-electron chi connectivity index (χ4n) is 3.09. The van der Waals surface area contributed by atoms with E-state index in [0.717, 1.165) is 43.6 Å². The van der Waals surface area contributed by atoms with Crippen LogP contribution in [0.2, 0.25) is 0 Å². The first-order valence-corrected chi connectivity index (χ1v) is 8.51. The zero-order valence-corrected chi connectivity index (χ0v) is 14.2. The van der Waals surface area contributed by atoms with Gasteiger partial charge in [0.15, 0.2) is 0 Å². The Morgan fingerprint density at radius 3 is 2.64 bits per heavy atom. The third-order valence-electron chi connectivity index (χ3n) is 4.43. The van der Waals surface area contributed by atoms with E-state index in [-0.39, 0.29) is 5.41 Å². The van der Waals surface area contributed by atoms with Crippen molar-refractivity contribution in [1.82, 2.24) is 10.3 Å². The molecule has 1 aliphatic heterocycles. The van der Waals surface area contributed by atoms with Crippen LogP contribution in [0.5, 0.6) is 0 Å². The van der Waals surface area contributed by atoms with E-state index in [4.69, 9.17) is 4.74 Å². The van der Waals surface area contributed by atoms with E-state index >= 15 is 0 Å². The zero-order valence-electron chi connectivity index (χ0n) is 12.6. The lowest BCUT2D eigenvalue weighted by molar-refractivity contribution is 0.0497. The molecule has 4 heteroatoms. The number of aromatic nitrogens is 1. The normalized spacial score (nSPS) is 17.3. The summed E-state index contributed by atoms with van der Waals surface area (Å²) in [5.41, 5.74) is 2.83. The van der Waals surface area contributed by atoms with Gasteiger partial charge < -0.3 is 10.1 Å². The van der Waals surface area contributed by atoms with Crippen molar-refractivity contribution in [3.05, 3.63) is 64.4 Å². The number of rotatable bonds is 5. The van der Waals surface area contributed by atoms with Crippen LogP contribution in [0.4, 0.5) is 0 Å². The van der Waals surface area contributed by atoms with Crippen LogP contribution in [-0.4, -0.2) is 24.7 Å². The van der Waals surface area contributed by atoms with Crippen molar-refractivity contribution < 1.29 is 4.74 Å². The van der Waals surface area contributed by atoms with Crippen molar-refractivity contribution in [2.75, 3.05) is 19.8 Å². The molecule has 0 amide bonds. The van der Waals surface area contributed by atoms with Crippen molar-refractivity contribution in [3.63, 3.8) is 0 Å². The summed E-state index contributed by atoms with van der Waals surface area (Å²) in [6.07, 6.45) is 5.81. The molecule has 1 saturated heterocycles. The predicted molar refractivity (Wildman–Crippen MR) is 91.8 cm³/mol. The third-order valence-corrected chi connectivity index (χ3v) is 4.92. The minimum Gasteiger partial charge on any atom is -0.381 e. The molecular formula is C18H21BrN2O. The molecule has 1 aromatic heterocycles. The molecular weight excluding hydrogens is 340 g/mol. The highest BCUT2D eigenvalue weighted by Crippen LogP contribution is 2.35. The second-order valence-electron chi connectivity index (χ2n) is 5.86. The SMILES string of the molecule is Brc1cccc(C2(CNCc3ccncc3)CCOCC2)c1. The number of ether oxygens (including phenoxy) is 1.